The smallest absolute Gasteiger partial charge is 0.311 e. The van der Waals surface area contributed by atoms with Crippen LogP contribution in [0.3, 0.4) is 0 Å². The van der Waals surface area contributed by atoms with Gasteiger partial charge in [-0.3, -0.25) is 10.1 Å². The molecule has 1 aromatic carbocycles. The van der Waals surface area contributed by atoms with Gasteiger partial charge in [0.05, 0.1) is 16.6 Å². The van der Waals surface area contributed by atoms with Crippen molar-refractivity contribution in [1.82, 2.24) is 5.32 Å². The molecule has 0 saturated carbocycles. The number of nitro benzene ring substituents is 1. The second-order valence-electron chi connectivity index (χ2n) is 3.65. The zero-order valence-electron chi connectivity index (χ0n) is 10.2. The number of ether oxygens (including phenoxy) is 1. The first-order valence-corrected chi connectivity index (χ1v) is 5.71. The number of nitriles is 1. The highest BCUT2D eigenvalue weighted by Gasteiger charge is 2.15. The fraction of sp³-hybridized carbons (Fsp3) is 0.417. The van der Waals surface area contributed by atoms with Gasteiger partial charge in [-0.05, 0) is 19.0 Å². The minimum Gasteiger partial charge on any atom is -0.485 e. The van der Waals surface area contributed by atoms with Crippen molar-refractivity contribution in [3.63, 3.8) is 0 Å². The lowest BCUT2D eigenvalue weighted by Gasteiger charge is -2.07. The average molecular weight is 249 g/mol. The molecular weight excluding hydrogens is 234 g/mol. The Balaban J connectivity index is 2.67. The van der Waals surface area contributed by atoms with E-state index in [1.807, 2.05) is 6.07 Å². The van der Waals surface area contributed by atoms with E-state index in [-0.39, 0.29) is 11.4 Å². The van der Waals surface area contributed by atoms with Gasteiger partial charge in [0.15, 0.2) is 5.75 Å². The zero-order chi connectivity index (χ0) is 13.4. The molecular formula is C12H15N3O3. The summed E-state index contributed by atoms with van der Waals surface area (Å²) in [6.07, 6.45) is 1.02. The molecule has 0 fully saturated rings. The Kier molecular flexibility index (Phi) is 5.61. The van der Waals surface area contributed by atoms with Crippen LogP contribution in [0.4, 0.5) is 5.69 Å². The molecule has 0 aromatic heterocycles. The van der Waals surface area contributed by atoms with Gasteiger partial charge in [-0.2, -0.15) is 5.26 Å². The highest BCUT2D eigenvalue weighted by molar-refractivity contribution is 5.51. The molecule has 6 nitrogen and oxygen atoms in total. The maximum Gasteiger partial charge on any atom is 0.311 e. The van der Waals surface area contributed by atoms with Crippen LogP contribution in [0.15, 0.2) is 18.2 Å². The van der Waals surface area contributed by atoms with E-state index in [0.717, 1.165) is 13.0 Å². The molecule has 0 aliphatic heterocycles. The van der Waals surface area contributed by atoms with Crippen LogP contribution in [0.2, 0.25) is 0 Å². The van der Waals surface area contributed by atoms with Crippen LogP contribution < -0.4 is 10.1 Å². The molecule has 96 valence electrons. The second kappa shape index (κ2) is 7.25. The van der Waals surface area contributed by atoms with E-state index in [4.69, 9.17) is 10.00 Å². The minimum atomic E-state index is -0.518. The Morgan fingerprint density at radius 3 is 2.89 bits per heavy atom. The minimum absolute atomic E-state index is 0.121. The van der Waals surface area contributed by atoms with E-state index < -0.39 is 4.92 Å². The number of nitro groups is 1. The Labute approximate surface area is 105 Å². The number of nitrogens with zero attached hydrogens (tertiary/aromatic N) is 2. The van der Waals surface area contributed by atoms with Crippen molar-refractivity contribution in [2.45, 2.75) is 13.3 Å². The molecule has 0 aliphatic carbocycles. The highest BCUT2D eigenvalue weighted by Crippen LogP contribution is 2.27. The van der Waals surface area contributed by atoms with Gasteiger partial charge in [0.1, 0.15) is 6.61 Å². The Morgan fingerprint density at radius 1 is 1.50 bits per heavy atom. The lowest BCUT2D eigenvalue weighted by molar-refractivity contribution is -0.385. The summed E-state index contributed by atoms with van der Waals surface area (Å²) >= 11 is 0. The molecule has 0 heterocycles. The lowest BCUT2D eigenvalue weighted by atomic mass is 10.2. The third-order valence-electron chi connectivity index (χ3n) is 2.25. The van der Waals surface area contributed by atoms with Crippen LogP contribution in [-0.4, -0.2) is 24.6 Å². The van der Waals surface area contributed by atoms with Gasteiger partial charge in [-0.1, -0.05) is 6.92 Å². The van der Waals surface area contributed by atoms with Gasteiger partial charge in [-0.25, -0.2) is 0 Å². The molecule has 0 unspecified atom stereocenters. The summed E-state index contributed by atoms with van der Waals surface area (Å²) in [4.78, 5) is 10.3. The molecule has 0 saturated heterocycles. The van der Waals surface area contributed by atoms with Gasteiger partial charge in [0, 0.05) is 18.7 Å². The number of hydrogen-bond donors (Lipinski definition) is 1. The van der Waals surface area contributed by atoms with E-state index in [9.17, 15) is 10.1 Å². The third-order valence-corrected chi connectivity index (χ3v) is 2.25. The predicted octanol–water partition coefficient (Wildman–Crippen LogP) is 1.84. The van der Waals surface area contributed by atoms with Crippen LogP contribution >= 0.6 is 0 Å². The Hall–Kier alpha value is -2.13. The molecule has 0 atom stereocenters. The summed E-state index contributed by atoms with van der Waals surface area (Å²) in [6.45, 7) is 3.87. The molecule has 0 radical (unpaired) electrons. The van der Waals surface area contributed by atoms with Crippen molar-refractivity contribution in [3.05, 3.63) is 33.9 Å². The number of hydrogen-bond acceptors (Lipinski definition) is 5. The van der Waals surface area contributed by atoms with E-state index in [1.165, 1.54) is 18.2 Å². The first kappa shape index (κ1) is 13.9. The lowest BCUT2D eigenvalue weighted by Crippen LogP contribution is -2.21. The van der Waals surface area contributed by atoms with Gasteiger partial charge in [-0.15, -0.1) is 0 Å². The SMILES string of the molecule is CCCNCCOc1cc(C#N)ccc1[N+](=O)[O-]. The fourth-order valence-electron chi connectivity index (χ4n) is 1.39. The van der Waals surface area contributed by atoms with E-state index in [1.54, 1.807) is 0 Å². The summed E-state index contributed by atoms with van der Waals surface area (Å²) in [6, 6.07) is 6.00. The summed E-state index contributed by atoms with van der Waals surface area (Å²) in [7, 11) is 0. The van der Waals surface area contributed by atoms with Gasteiger partial charge in [0.2, 0.25) is 0 Å². The van der Waals surface area contributed by atoms with Gasteiger partial charge >= 0.3 is 5.69 Å². The molecule has 1 rings (SSSR count). The summed E-state index contributed by atoms with van der Waals surface area (Å²) in [5.74, 6) is 0.136. The molecule has 18 heavy (non-hydrogen) atoms. The van der Waals surface area contributed by atoms with Crippen LogP contribution in [0.25, 0.3) is 0 Å². The molecule has 0 bridgehead atoms. The first-order chi connectivity index (χ1) is 8.69. The summed E-state index contributed by atoms with van der Waals surface area (Å²) in [5, 5.41) is 22.7. The van der Waals surface area contributed by atoms with Gasteiger partial charge < -0.3 is 10.1 Å². The van der Waals surface area contributed by atoms with Crippen molar-refractivity contribution in [2.24, 2.45) is 0 Å². The third kappa shape index (κ3) is 4.03. The number of nitrogens with one attached hydrogen (secondary N) is 1. The number of rotatable bonds is 7. The van der Waals surface area contributed by atoms with Crippen LogP contribution in [-0.2, 0) is 0 Å². The molecule has 0 aliphatic rings. The van der Waals surface area contributed by atoms with E-state index in [0.29, 0.717) is 18.7 Å². The van der Waals surface area contributed by atoms with E-state index in [2.05, 4.69) is 12.2 Å². The van der Waals surface area contributed by atoms with E-state index >= 15 is 0 Å². The van der Waals surface area contributed by atoms with Crippen LogP contribution in [0.5, 0.6) is 5.75 Å². The monoisotopic (exact) mass is 249 g/mol. The maximum atomic E-state index is 10.8. The van der Waals surface area contributed by atoms with Gasteiger partial charge in [0.25, 0.3) is 0 Å². The molecule has 0 spiro atoms. The molecule has 1 N–H and O–H groups in total. The molecule has 0 amide bonds. The largest absolute Gasteiger partial charge is 0.485 e. The molecule has 6 heteroatoms. The maximum absolute atomic E-state index is 10.8. The van der Waals surface area contributed by atoms with Crippen molar-refractivity contribution >= 4 is 5.69 Å². The molecule has 1 aromatic rings. The Morgan fingerprint density at radius 2 is 2.28 bits per heavy atom. The number of benzene rings is 1. The normalized spacial score (nSPS) is 9.78. The van der Waals surface area contributed by atoms with Crippen molar-refractivity contribution in [3.8, 4) is 11.8 Å². The first-order valence-electron chi connectivity index (χ1n) is 5.71. The highest BCUT2D eigenvalue weighted by atomic mass is 16.6. The van der Waals surface area contributed by atoms with Crippen LogP contribution in [0, 0.1) is 21.4 Å². The van der Waals surface area contributed by atoms with Crippen molar-refractivity contribution < 1.29 is 9.66 Å². The Bertz CT molecular complexity index is 454. The standard InChI is InChI=1S/C12H15N3O3/c1-2-5-14-6-7-18-12-8-10(9-13)3-4-11(12)15(16)17/h3-4,8,14H,2,5-7H2,1H3. The summed E-state index contributed by atoms with van der Waals surface area (Å²) < 4.78 is 5.33. The average Bonchev–Trinajstić information content (AvgIpc) is 2.38. The quantitative estimate of drug-likeness (QED) is 0.452. The summed E-state index contributed by atoms with van der Waals surface area (Å²) in [5.41, 5.74) is 0.224. The van der Waals surface area contributed by atoms with Crippen molar-refractivity contribution in [2.75, 3.05) is 19.7 Å². The zero-order valence-corrected chi connectivity index (χ0v) is 10.2. The predicted molar refractivity (Wildman–Crippen MR) is 66.5 cm³/mol. The van der Waals surface area contributed by atoms with Crippen molar-refractivity contribution in [1.29, 1.82) is 5.26 Å². The topological polar surface area (TPSA) is 88.2 Å². The van der Waals surface area contributed by atoms with Crippen LogP contribution in [0.1, 0.15) is 18.9 Å². The fourth-order valence-corrected chi connectivity index (χ4v) is 1.39. The second-order valence-corrected chi connectivity index (χ2v) is 3.65.